The fourth-order valence-electron chi connectivity index (χ4n) is 2.58. The van der Waals surface area contributed by atoms with Crippen LogP contribution in [0.1, 0.15) is 6.92 Å². The molecule has 25 heavy (non-hydrogen) atoms. The van der Waals surface area contributed by atoms with E-state index in [0.29, 0.717) is 30.3 Å². The number of anilines is 3. The quantitative estimate of drug-likeness (QED) is 0.872. The first-order valence-corrected chi connectivity index (χ1v) is 9.22. The van der Waals surface area contributed by atoms with Crippen LogP contribution in [0.4, 0.5) is 17.1 Å². The summed E-state index contributed by atoms with van der Waals surface area (Å²) < 4.78 is 33.4. The number of carbonyl (C=O) groups excluding carboxylic acids is 1. The van der Waals surface area contributed by atoms with Crippen molar-refractivity contribution in [1.82, 2.24) is 0 Å². The maximum absolute atomic E-state index is 12.7. The van der Waals surface area contributed by atoms with Crippen LogP contribution in [-0.4, -0.2) is 34.5 Å². The average Bonchev–Trinajstić information content (AvgIpc) is 2.54. The largest absolute Gasteiger partial charge is 0.490 e. The van der Waals surface area contributed by atoms with Crippen molar-refractivity contribution in [2.75, 3.05) is 35.1 Å². The molecule has 132 valence electrons. The van der Waals surface area contributed by atoms with Crippen LogP contribution in [0, 0.1) is 0 Å². The van der Waals surface area contributed by atoms with Crippen molar-refractivity contribution >= 4 is 33.0 Å². The highest BCUT2D eigenvalue weighted by Crippen LogP contribution is 2.33. The third-order valence-corrected chi connectivity index (χ3v) is 5.15. The number of likely N-dealkylation sites (N-methyl/N-ethyl adjacent to an activating group) is 1. The molecule has 0 aromatic heterocycles. The minimum atomic E-state index is -3.76. The van der Waals surface area contributed by atoms with Gasteiger partial charge < -0.3 is 15.0 Å². The van der Waals surface area contributed by atoms with E-state index in [9.17, 15) is 13.2 Å². The zero-order chi connectivity index (χ0) is 18.0. The van der Waals surface area contributed by atoms with Crippen molar-refractivity contribution in [3.8, 4) is 5.75 Å². The molecule has 0 radical (unpaired) electrons. The molecule has 1 amide bonds. The van der Waals surface area contributed by atoms with Gasteiger partial charge in [-0.3, -0.25) is 9.52 Å². The Morgan fingerprint density at radius 3 is 2.68 bits per heavy atom. The van der Waals surface area contributed by atoms with Crippen LogP contribution in [0.25, 0.3) is 0 Å². The molecule has 0 bridgehead atoms. The predicted molar refractivity (Wildman–Crippen MR) is 96.8 cm³/mol. The van der Waals surface area contributed by atoms with Gasteiger partial charge in [-0.15, -0.1) is 0 Å². The van der Waals surface area contributed by atoms with Gasteiger partial charge in [0.1, 0.15) is 12.4 Å². The molecule has 1 heterocycles. The van der Waals surface area contributed by atoms with Gasteiger partial charge in [-0.25, -0.2) is 8.42 Å². The molecule has 2 aromatic rings. The van der Waals surface area contributed by atoms with E-state index < -0.39 is 10.0 Å². The first kappa shape index (κ1) is 17.1. The van der Waals surface area contributed by atoms with Crippen LogP contribution in [0.15, 0.2) is 47.4 Å². The number of nitrogens with zero attached hydrogens (tertiary/aromatic N) is 1. The smallest absolute Gasteiger partial charge is 0.261 e. The van der Waals surface area contributed by atoms with Crippen molar-refractivity contribution in [2.24, 2.45) is 0 Å². The number of sulfonamides is 1. The topological polar surface area (TPSA) is 87.7 Å². The lowest BCUT2D eigenvalue weighted by atomic mass is 10.2. The molecule has 0 saturated carbocycles. The Balaban J connectivity index is 1.87. The number of benzene rings is 2. The second kappa shape index (κ2) is 6.64. The van der Waals surface area contributed by atoms with Gasteiger partial charge in [0.25, 0.3) is 10.0 Å². The summed E-state index contributed by atoms with van der Waals surface area (Å²) in [5.74, 6) is 0.443. The van der Waals surface area contributed by atoms with Crippen LogP contribution < -0.4 is 19.7 Å². The molecular weight excluding hydrogens is 342 g/mol. The molecule has 1 aliphatic rings. The molecule has 8 heteroatoms. The summed E-state index contributed by atoms with van der Waals surface area (Å²) in [6, 6.07) is 11.3. The zero-order valence-corrected chi connectivity index (χ0v) is 14.8. The Morgan fingerprint density at radius 1 is 1.16 bits per heavy atom. The minimum absolute atomic E-state index is 0.147. The number of hydrogen-bond acceptors (Lipinski definition) is 5. The van der Waals surface area contributed by atoms with Crippen LogP contribution in [0.3, 0.4) is 0 Å². The number of carbonyl (C=O) groups is 1. The molecule has 0 saturated heterocycles. The SMILES string of the molecule is CC(=O)Nc1cccc(NS(=O)(=O)c2ccc3c(c2)N(C)CCO3)c1. The number of fused-ring (bicyclic) bond motifs is 1. The van der Waals surface area contributed by atoms with Crippen molar-refractivity contribution in [1.29, 1.82) is 0 Å². The van der Waals surface area contributed by atoms with Gasteiger partial charge in [-0.1, -0.05) is 6.07 Å². The Kier molecular flexibility index (Phi) is 4.54. The molecule has 0 unspecified atom stereocenters. The summed E-state index contributed by atoms with van der Waals surface area (Å²) >= 11 is 0. The normalized spacial score (nSPS) is 13.6. The zero-order valence-electron chi connectivity index (χ0n) is 13.9. The molecule has 0 aliphatic carbocycles. The highest BCUT2D eigenvalue weighted by Gasteiger charge is 2.21. The predicted octanol–water partition coefficient (Wildman–Crippen LogP) is 2.27. The fraction of sp³-hybridized carbons (Fsp3) is 0.235. The lowest BCUT2D eigenvalue weighted by molar-refractivity contribution is -0.114. The summed E-state index contributed by atoms with van der Waals surface area (Å²) in [5, 5.41) is 2.62. The summed E-state index contributed by atoms with van der Waals surface area (Å²) in [6.07, 6.45) is 0. The second-order valence-corrected chi connectivity index (χ2v) is 7.45. The van der Waals surface area contributed by atoms with E-state index in [1.165, 1.54) is 13.0 Å². The second-order valence-electron chi connectivity index (χ2n) is 5.77. The van der Waals surface area contributed by atoms with E-state index in [2.05, 4.69) is 10.0 Å². The van der Waals surface area contributed by atoms with E-state index in [4.69, 9.17) is 4.74 Å². The standard InChI is InChI=1S/C17H19N3O4S/c1-12(21)18-13-4-3-5-14(10-13)19-25(22,23)15-6-7-17-16(11-15)20(2)8-9-24-17/h3-7,10-11,19H,8-9H2,1-2H3,(H,18,21). The van der Waals surface area contributed by atoms with E-state index in [1.54, 1.807) is 36.4 Å². The highest BCUT2D eigenvalue weighted by atomic mass is 32.2. The highest BCUT2D eigenvalue weighted by molar-refractivity contribution is 7.92. The molecule has 0 fully saturated rings. The number of amides is 1. The summed E-state index contributed by atoms with van der Waals surface area (Å²) in [7, 11) is -1.87. The molecule has 7 nitrogen and oxygen atoms in total. The van der Waals surface area contributed by atoms with Gasteiger partial charge in [0.15, 0.2) is 0 Å². The minimum Gasteiger partial charge on any atom is -0.490 e. The average molecular weight is 361 g/mol. The Bertz CT molecular complexity index is 912. The summed E-state index contributed by atoms with van der Waals surface area (Å²) in [5.41, 5.74) is 1.63. The van der Waals surface area contributed by atoms with Crippen LogP contribution in [-0.2, 0) is 14.8 Å². The Hall–Kier alpha value is -2.74. The summed E-state index contributed by atoms with van der Waals surface area (Å²) in [6.45, 7) is 2.66. The fourth-order valence-corrected chi connectivity index (χ4v) is 3.64. The van der Waals surface area contributed by atoms with Gasteiger partial charge in [0, 0.05) is 19.7 Å². The number of ether oxygens (including phenoxy) is 1. The van der Waals surface area contributed by atoms with E-state index >= 15 is 0 Å². The maximum Gasteiger partial charge on any atom is 0.261 e. The number of hydrogen-bond donors (Lipinski definition) is 2. The van der Waals surface area contributed by atoms with Gasteiger partial charge >= 0.3 is 0 Å². The van der Waals surface area contributed by atoms with E-state index in [1.807, 2.05) is 11.9 Å². The number of rotatable bonds is 4. The maximum atomic E-state index is 12.7. The summed E-state index contributed by atoms with van der Waals surface area (Å²) in [4.78, 5) is 13.2. The van der Waals surface area contributed by atoms with Gasteiger partial charge in [0.05, 0.1) is 22.8 Å². The van der Waals surface area contributed by atoms with Gasteiger partial charge in [-0.2, -0.15) is 0 Å². The van der Waals surface area contributed by atoms with Crippen molar-refractivity contribution in [3.05, 3.63) is 42.5 Å². The lowest BCUT2D eigenvalue weighted by Crippen LogP contribution is -2.29. The third-order valence-electron chi connectivity index (χ3n) is 3.77. The van der Waals surface area contributed by atoms with Crippen molar-refractivity contribution < 1.29 is 17.9 Å². The molecule has 2 N–H and O–H groups in total. The van der Waals surface area contributed by atoms with Gasteiger partial charge in [-0.05, 0) is 36.4 Å². The molecule has 1 aliphatic heterocycles. The van der Waals surface area contributed by atoms with Crippen LogP contribution in [0.2, 0.25) is 0 Å². The van der Waals surface area contributed by atoms with Crippen molar-refractivity contribution in [3.63, 3.8) is 0 Å². The molecule has 2 aromatic carbocycles. The van der Waals surface area contributed by atoms with E-state index in [0.717, 1.165) is 5.69 Å². The monoisotopic (exact) mass is 361 g/mol. The van der Waals surface area contributed by atoms with Crippen LogP contribution in [0.5, 0.6) is 5.75 Å². The number of nitrogens with one attached hydrogen (secondary N) is 2. The molecular formula is C17H19N3O4S. The molecule has 3 rings (SSSR count). The molecule has 0 atom stereocenters. The molecule has 0 spiro atoms. The first-order chi connectivity index (χ1) is 11.8. The Morgan fingerprint density at radius 2 is 1.92 bits per heavy atom. The van der Waals surface area contributed by atoms with Gasteiger partial charge in [0.2, 0.25) is 5.91 Å². The first-order valence-electron chi connectivity index (χ1n) is 7.73. The van der Waals surface area contributed by atoms with Crippen molar-refractivity contribution in [2.45, 2.75) is 11.8 Å². The Labute approximate surface area is 146 Å². The lowest BCUT2D eigenvalue weighted by Gasteiger charge is -2.28. The van der Waals surface area contributed by atoms with Crippen LogP contribution >= 0.6 is 0 Å². The van der Waals surface area contributed by atoms with E-state index in [-0.39, 0.29) is 10.8 Å². The third kappa shape index (κ3) is 3.85.